The fourth-order valence-electron chi connectivity index (χ4n) is 2.50. The van der Waals surface area contributed by atoms with Crippen molar-refractivity contribution in [1.82, 2.24) is 0 Å². The first kappa shape index (κ1) is 12.4. The Hall–Kier alpha value is -1.01. The highest BCUT2D eigenvalue weighted by molar-refractivity contribution is 9.10. The maximum Gasteiger partial charge on any atom is 0.103 e. The normalized spacial score (nSPS) is 15.8. The van der Waals surface area contributed by atoms with Crippen LogP contribution in [0.25, 0.3) is 0 Å². The number of anilines is 1. The van der Waals surface area contributed by atoms with Crippen LogP contribution in [0.4, 0.5) is 5.69 Å². The van der Waals surface area contributed by atoms with Gasteiger partial charge < -0.3 is 5.32 Å². The zero-order valence-electron chi connectivity index (χ0n) is 9.88. The molecule has 2 nitrogen and oxygen atoms in total. The summed E-state index contributed by atoms with van der Waals surface area (Å²) in [4.78, 5) is 0. The number of hydrogen-bond donors (Lipinski definition) is 1. The van der Waals surface area contributed by atoms with E-state index in [1.54, 1.807) is 0 Å². The maximum atomic E-state index is 9.09. The van der Waals surface area contributed by atoms with E-state index >= 15 is 0 Å². The van der Waals surface area contributed by atoms with Crippen molar-refractivity contribution in [2.24, 2.45) is 5.92 Å². The monoisotopic (exact) mass is 292 g/mol. The molecule has 1 aromatic carbocycles. The van der Waals surface area contributed by atoms with Gasteiger partial charge >= 0.3 is 0 Å². The van der Waals surface area contributed by atoms with Gasteiger partial charge in [-0.25, -0.2) is 0 Å². The zero-order valence-corrected chi connectivity index (χ0v) is 11.5. The van der Waals surface area contributed by atoms with E-state index in [4.69, 9.17) is 5.26 Å². The van der Waals surface area contributed by atoms with Crippen LogP contribution in [-0.4, -0.2) is 6.54 Å². The first-order valence-corrected chi connectivity index (χ1v) is 7.03. The summed E-state index contributed by atoms with van der Waals surface area (Å²) in [6, 6.07) is 8.07. The van der Waals surface area contributed by atoms with Gasteiger partial charge in [-0.3, -0.25) is 0 Å². The number of nitrogens with zero attached hydrogens (tertiary/aromatic N) is 1. The molecule has 0 spiro atoms. The fraction of sp³-hybridized carbons (Fsp3) is 0.500. The van der Waals surface area contributed by atoms with Crippen LogP contribution in [0.2, 0.25) is 0 Å². The summed E-state index contributed by atoms with van der Waals surface area (Å²) in [7, 11) is 0. The second-order valence-electron chi connectivity index (χ2n) is 4.64. The van der Waals surface area contributed by atoms with Gasteiger partial charge in [0.25, 0.3) is 0 Å². The van der Waals surface area contributed by atoms with Gasteiger partial charge in [0.2, 0.25) is 0 Å². The van der Waals surface area contributed by atoms with Gasteiger partial charge in [-0.1, -0.05) is 31.7 Å². The second kappa shape index (κ2) is 6.07. The Morgan fingerprint density at radius 1 is 1.35 bits per heavy atom. The highest BCUT2D eigenvalue weighted by Crippen LogP contribution is 2.28. The van der Waals surface area contributed by atoms with Crippen molar-refractivity contribution < 1.29 is 0 Å². The third kappa shape index (κ3) is 3.23. The molecule has 0 heterocycles. The lowest BCUT2D eigenvalue weighted by Crippen LogP contribution is -2.07. The molecule has 2 rings (SSSR count). The third-order valence-corrected chi connectivity index (χ3v) is 4.13. The van der Waals surface area contributed by atoms with E-state index in [1.165, 1.54) is 32.1 Å². The first-order chi connectivity index (χ1) is 8.31. The van der Waals surface area contributed by atoms with E-state index in [0.717, 1.165) is 22.6 Å². The molecular formula is C14H17BrN2. The predicted octanol–water partition coefficient (Wildman–Crippen LogP) is 4.31. The van der Waals surface area contributed by atoms with E-state index in [9.17, 15) is 0 Å². The lowest BCUT2D eigenvalue weighted by Gasteiger charge is -2.12. The molecular weight excluding hydrogens is 276 g/mol. The summed E-state index contributed by atoms with van der Waals surface area (Å²) in [5.74, 6) is 0.889. The molecule has 0 aliphatic heterocycles. The molecule has 0 saturated heterocycles. The maximum absolute atomic E-state index is 9.09. The largest absolute Gasteiger partial charge is 0.384 e. The third-order valence-electron chi connectivity index (χ3n) is 3.47. The van der Waals surface area contributed by atoms with Crippen molar-refractivity contribution in [2.75, 3.05) is 11.9 Å². The lowest BCUT2D eigenvalue weighted by molar-refractivity contribution is 0.518. The van der Waals surface area contributed by atoms with Crippen LogP contribution in [0.15, 0.2) is 22.7 Å². The highest BCUT2D eigenvalue weighted by atomic mass is 79.9. The SMILES string of the molecule is N#Cc1c(Br)cccc1NCCC1CCCC1. The molecule has 90 valence electrons. The van der Waals surface area contributed by atoms with Crippen LogP contribution >= 0.6 is 15.9 Å². The van der Waals surface area contributed by atoms with Crippen LogP contribution < -0.4 is 5.32 Å². The molecule has 1 aliphatic carbocycles. The van der Waals surface area contributed by atoms with Crippen molar-refractivity contribution in [3.05, 3.63) is 28.2 Å². The van der Waals surface area contributed by atoms with E-state index in [1.807, 2.05) is 18.2 Å². The quantitative estimate of drug-likeness (QED) is 0.897. The molecule has 0 unspecified atom stereocenters. The molecule has 0 bridgehead atoms. The molecule has 3 heteroatoms. The van der Waals surface area contributed by atoms with Crippen molar-refractivity contribution in [3.63, 3.8) is 0 Å². The molecule has 0 aromatic heterocycles. The van der Waals surface area contributed by atoms with E-state index in [2.05, 4.69) is 27.3 Å². The van der Waals surface area contributed by atoms with Crippen molar-refractivity contribution in [1.29, 1.82) is 5.26 Å². The number of benzene rings is 1. The Bertz CT molecular complexity index is 417. The van der Waals surface area contributed by atoms with Crippen LogP contribution in [-0.2, 0) is 0 Å². The average molecular weight is 293 g/mol. The Morgan fingerprint density at radius 3 is 2.82 bits per heavy atom. The molecule has 1 aromatic rings. The zero-order chi connectivity index (χ0) is 12.1. The smallest absolute Gasteiger partial charge is 0.103 e. The van der Waals surface area contributed by atoms with Gasteiger partial charge in [0, 0.05) is 11.0 Å². The summed E-state index contributed by atoms with van der Waals surface area (Å²) in [6.45, 7) is 0.968. The number of rotatable bonds is 4. The van der Waals surface area contributed by atoms with Gasteiger partial charge in [-0.2, -0.15) is 5.26 Å². The summed E-state index contributed by atoms with van der Waals surface area (Å²) in [5.41, 5.74) is 1.65. The van der Waals surface area contributed by atoms with E-state index < -0.39 is 0 Å². The molecule has 1 aliphatic rings. The minimum absolute atomic E-state index is 0.707. The first-order valence-electron chi connectivity index (χ1n) is 6.23. The Morgan fingerprint density at radius 2 is 2.12 bits per heavy atom. The molecule has 17 heavy (non-hydrogen) atoms. The summed E-state index contributed by atoms with van der Waals surface area (Å²) in [6.07, 6.45) is 6.77. The van der Waals surface area contributed by atoms with Crippen LogP contribution in [0.3, 0.4) is 0 Å². The lowest BCUT2D eigenvalue weighted by atomic mass is 10.0. The highest BCUT2D eigenvalue weighted by Gasteiger charge is 2.14. The number of nitrogens with one attached hydrogen (secondary N) is 1. The predicted molar refractivity (Wildman–Crippen MR) is 73.9 cm³/mol. The summed E-state index contributed by atoms with van der Waals surface area (Å²) < 4.78 is 0.867. The minimum Gasteiger partial charge on any atom is -0.384 e. The van der Waals surface area contributed by atoms with Crippen molar-refractivity contribution >= 4 is 21.6 Å². The van der Waals surface area contributed by atoms with Gasteiger partial charge in [0.05, 0.1) is 11.3 Å². The van der Waals surface area contributed by atoms with Gasteiger partial charge in [0.15, 0.2) is 0 Å². The average Bonchev–Trinajstić information content (AvgIpc) is 2.82. The van der Waals surface area contributed by atoms with Crippen LogP contribution in [0, 0.1) is 17.2 Å². The van der Waals surface area contributed by atoms with E-state index in [0.29, 0.717) is 5.56 Å². The molecule has 1 saturated carbocycles. The Labute approximate surface area is 111 Å². The molecule has 0 radical (unpaired) electrons. The number of nitriles is 1. The summed E-state index contributed by atoms with van der Waals surface area (Å²) >= 11 is 3.40. The molecule has 1 fully saturated rings. The standard InChI is InChI=1S/C14H17BrN2/c15-13-6-3-7-14(12(13)10-16)17-9-8-11-4-1-2-5-11/h3,6-7,11,17H,1-2,4-5,8-9H2. The molecule has 1 N–H and O–H groups in total. The number of halogens is 1. The van der Waals surface area contributed by atoms with Gasteiger partial charge in [-0.05, 0) is 40.4 Å². The molecule has 0 amide bonds. The summed E-state index contributed by atoms with van der Waals surface area (Å²) in [5, 5.41) is 12.5. The fourth-order valence-corrected chi connectivity index (χ4v) is 2.95. The number of hydrogen-bond acceptors (Lipinski definition) is 2. The van der Waals surface area contributed by atoms with Crippen LogP contribution in [0.5, 0.6) is 0 Å². The Balaban J connectivity index is 1.90. The second-order valence-corrected chi connectivity index (χ2v) is 5.49. The molecule has 0 atom stereocenters. The van der Waals surface area contributed by atoms with Crippen molar-refractivity contribution in [2.45, 2.75) is 32.1 Å². The van der Waals surface area contributed by atoms with Crippen molar-refractivity contribution in [3.8, 4) is 6.07 Å². The van der Waals surface area contributed by atoms with Gasteiger partial charge in [0.1, 0.15) is 6.07 Å². The van der Waals surface area contributed by atoms with E-state index in [-0.39, 0.29) is 0 Å². The topological polar surface area (TPSA) is 35.8 Å². The van der Waals surface area contributed by atoms with Gasteiger partial charge in [-0.15, -0.1) is 0 Å². The Kier molecular flexibility index (Phi) is 4.44. The minimum atomic E-state index is 0.707. The van der Waals surface area contributed by atoms with Crippen LogP contribution in [0.1, 0.15) is 37.7 Å².